The first kappa shape index (κ1) is 16.8. The summed E-state index contributed by atoms with van der Waals surface area (Å²) in [5.41, 5.74) is 1.54. The van der Waals surface area contributed by atoms with Crippen LogP contribution in [0.1, 0.15) is 33.8 Å². The van der Waals surface area contributed by atoms with Gasteiger partial charge in [0.05, 0.1) is 25.2 Å². The van der Waals surface area contributed by atoms with Gasteiger partial charge in [0.15, 0.2) is 11.5 Å². The van der Waals surface area contributed by atoms with E-state index in [1.54, 1.807) is 18.2 Å². The van der Waals surface area contributed by atoms with Gasteiger partial charge < -0.3 is 14.8 Å². The fourth-order valence-corrected chi connectivity index (χ4v) is 3.23. The summed E-state index contributed by atoms with van der Waals surface area (Å²) in [5, 5.41) is 14.1. The third kappa shape index (κ3) is 3.46. The fourth-order valence-electron chi connectivity index (χ4n) is 2.33. The number of ether oxygens (including phenoxy) is 2. The molecule has 0 aliphatic rings. The van der Waals surface area contributed by atoms with E-state index in [1.807, 2.05) is 18.4 Å². The van der Waals surface area contributed by atoms with E-state index >= 15 is 0 Å². The second kappa shape index (κ2) is 7.65. The number of rotatable bonds is 6. The molecule has 0 spiro atoms. The number of amides is 1. The Balaban J connectivity index is 2.31. The predicted molar refractivity (Wildman–Crippen MR) is 89.1 cm³/mol. The minimum atomic E-state index is -0.820. The lowest BCUT2D eigenvalue weighted by atomic mass is 10.1. The molecule has 0 aliphatic carbocycles. The molecular weight excluding hydrogens is 312 g/mol. The number of carbonyl (C=O) groups is 1. The summed E-state index contributed by atoms with van der Waals surface area (Å²) in [6.07, 6.45) is 0.770. The van der Waals surface area contributed by atoms with Crippen LogP contribution in [0, 0.1) is 11.3 Å². The number of carbonyl (C=O) groups excluding carboxylic acids is 1. The van der Waals surface area contributed by atoms with Crippen molar-refractivity contribution in [1.29, 1.82) is 5.26 Å². The van der Waals surface area contributed by atoms with Gasteiger partial charge in [-0.1, -0.05) is 19.1 Å². The highest BCUT2D eigenvalue weighted by atomic mass is 32.1. The molecule has 5 nitrogen and oxygen atoms in total. The largest absolute Gasteiger partial charge is 0.493 e. The normalized spacial score (nSPS) is 11.4. The quantitative estimate of drug-likeness (QED) is 0.882. The Morgan fingerprint density at radius 1 is 1.35 bits per heavy atom. The molecule has 2 rings (SSSR count). The summed E-state index contributed by atoms with van der Waals surface area (Å²) >= 11 is 1.37. The van der Waals surface area contributed by atoms with E-state index in [-0.39, 0.29) is 5.91 Å². The molecule has 1 heterocycles. The smallest absolute Gasteiger partial charge is 0.262 e. The predicted octanol–water partition coefficient (Wildman–Crippen LogP) is 3.32. The highest BCUT2D eigenvalue weighted by Gasteiger charge is 2.22. The average Bonchev–Trinajstić information content (AvgIpc) is 3.07. The Morgan fingerprint density at radius 2 is 2.13 bits per heavy atom. The van der Waals surface area contributed by atoms with Crippen molar-refractivity contribution in [3.63, 3.8) is 0 Å². The first-order valence-electron chi connectivity index (χ1n) is 7.14. The summed E-state index contributed by atoms with van der Waals surface area (Å²) in [7, 11) is 3.03. The van der Waals surface area contributed by atoms with E-state index < -0.39 is 6.04 Å². The molecule has 1 amide bonds. The SMILES string of the molecule is CCc1ccsc1C(=O)N[C@@H](C#N)c1cccc(OC)c1OC. The van der Waals surface area contributed by atoms with Crippen molar-refractivity contribution in [3.8, 4) is 17.6 Å². The van der Waals surface area contributed by atoms with Crippen LogP contribution in [0.3, 0.4) is 0 Å². The number of thiophene rings is 1. The minimum Gasteiger partial charge on any atom is -0.493 e. The number of hydrogen-bond acceptors (Lipinski definition) is 5. The zero-order chi connectivity index (χ0) is 16.8. The number of nitrogens with zero attached hydrogens (tertiary/aromatic N) is 1. The number of nitriles is 1. The second-order valence-corrected chi connectivity index (χ2v) is 5.66. The van der Waals surface area contributed by atoms with Gasteiger partial charge in [-0.15, -0.1) is 11.3 Å². The van der Waals surface area contributed by atoms with Gasteiger partial charge in [0, 0.05) is 5.56 Å². The third-order valence-electron chi connectivity index (χ3n) is 3.48. The molecule has 0 saturated heterocycles. The van der Waals surface area contributed by atoms with Crippen LogP contribution in [0.2, 0.25) is 0 Å². The molecule has 1 aromatic carbocycles. The molecule has 0 unspecified atom stereocenters. The summed E-state index contributed by atoms with van der Waals surface area (Å²) in [5.74, 6) is 0.710. The Kier molecular flexibility index (Phi) is 5.61. The fraction of sp³-hybridized carbons (Fsp3) is 0.294. The van der Waals surface area contributed by atoms with Crippen LogP contribution in [0.5, 0.6) is 11.5 Å². The van der Waals surface area contributed by atoms with Crippen molar-refractivity contribution in [2.24, 2.45) is 0 Å². The minimum absolute atomic E-state index is 0.256. The summed E-state index contributed by atoms with van der Waals surface area (Å²) < 4.78 is 10.6. The van der Waals surface area contributed by atoms with Crippen LogP contribution in [0.25, 0.3) is 0 Å². The average molecular weight is 330 g/mol. The highest BCUT2D eigenvalue weighted by molar-refractivity contribution is 7.12. The topological polar surface area (TPSA) is 71.4 Å². The van der Waals surface area contributed by atoms with Crippen molar-refractivity contribution < 1.29 is 14.3 Å². The van der Waals surface area contributed by atoms with Gasteiger partial charge in [-0.2, -0.15) is 5.26 Å². The summed E-state index contributed by atoms with van der Waals surface area (Å²) in [4.78, 5) is 13.1. The van der Waals surface area contributed by atoms with Gasteiger partial charge in [-0.3, -0.25) is 4.79 Å². The van der Waals surface area contributed by atoms with Crippen molar-refractivity contribution in [2.45, 2.75) is 19.4 Å². The summed E-state index contributed by atoms with van der Waals surface area (Å²) in [6, 6.07) is 8.46. The van der Waals surface area contributed by atoms with Gasteiger partial charge in [-0.05, 0) is 29.5 Å². The zero-order valence-electron chi connectivity index (χ0n) is 13.3. The number of benzene rings is 1. The van der Waals surface area contributed by atoms with Gasteiger partial charge in [-0.25, -0.2) is 0 Å². The monoisotopic (exact) mass is 330 g/mol. The summed E-state index contributed by atoms with van der Waals surface area (Å²) in [6.45, 7) is 1.99. The molecule has 0 bridgehead atoms. The molecule has 1 aromatic heterocycles. The molecule has 1 atom stereocenters. The van der Waals surface area contributed by atoms with Crippen molar-refractivity contribution >= 4 is 17.2 Å². The van der Waals surface area contributed by atoms with E-state index in [1.165, 1.54) is 25.6 Å². The molecule has 2 aromatic rings. The first-order chi connectivity index (χ1) is 11.2. The van der Waals surface area contributed by atoms with Crippen molar-refractivity contribution in [3.05, 3.63) is 45.6 Å². The Labute approximate surface area is 139 Å². The van der Waals surface area contributed by atoms with Crippen LogP contribution in [-0.2, 0) is 6.42 Å². The van der Waals surface area contributed by atoms with E-state index in [2.05, 4.69) is 11.4 Å². The molecule has 0 aliphatic heterocycles. The maximum absolute atomic E-state index is 12.5. The Morgan fingerprint density at radius 3 is 2.74 bits per heavy atom. The highest BCUT2D eigenvalue weighted by Crippen LogP contribution is 2.34. The molecule has 0 fully saturated rings. The van der Waals surface area contributed by atoms with Crippen LogP contribution < -0.4 is 14.8 Å². The van der Waals surface area contributed by atoms with E-state index in [4.69, 9.17) is 9.47 Å². The Hall–Kier alpha value is -2.52. The van der Waals surface area contributed by atoms with Gasteiger partial charge in [0.1, 0.15) is 6.04 Å². The van der Waals surface area contributed by atoms with Crippen LogP contribution in [-0.4, -0.2) is 20.1 Å². The van der Waals surface area contributed by atoms with Crippen LogP contribution in [0.4, 0.5) is 0 Å². The van der Waals surface area contributed by atoms with Gasteiger partial charge in [0.25, 0.3) is 5.91 Å². The van der Waals surface area contributed by atoms with Crippen molar-refractivity contribution in [1.82, 2.24) is 5.32 Å². The van der Waals surface area contributed by atoms with Crippen LogP contribution >= 0.6 is 11.3 Å². The molecule has 0 saturated carbocycles. The molecule has 6 heteroatoms. The zero-order valence-corrected chi connectivity index (χ0v) is 14.1. The van der Waals surface area contributed by atoms with Gasteiger partial charge >= 0.3 is 0 Å². The first-order valence-corrected chi connectivity index (χ1v) is 8.01. The number of hydrogen-bond donors (Lipinski definition) is 1. The van der Waals surface area contributed by atoms with E-state index in [9.17, 15) is 10.1 Å². The number of aryl methyl sites for hydroxylation is 1. The maximum Gasteiger partial charge on any atom is 0.262 e. The standard InChI is InChI=1S/C17H18N2O3S/c1-4-11-8-9-23-16(11)17(20)19-13(10-18)12-6-5-7-14(21-2)15(12)22-3/h5-9,13H,4H2,1-3H3,(H,19,20)/t13-/m0/s1. The third-order valence-corrected chi connectivity index (χ3v) is 4.44. The lowest BCUT2D eigenvalue weighted by molar-refractivity contribution is 0.0948. The van der Waals surface area contributed by atoms with Crippen LogP contribution in [0.15, 0.2) is 29.6 Å². The van der Waals surface area contributed by atoms with E-state index in [0.717, 1.165) is 12.0 Å². The molecular formula is C17H18N2O3S. The lowest BCUT2D eigenvalue weighted by Crippen LogP contribution is -2.28. The van der Waals surface area contributed by atoms with E-state index in [0.29, 0.717) is 21.9 Å². The molecule has 23 heavy (non-hydrogen) atoms. The number of para-hydroxylation sites is 1. The second-order valence-electron chi connectivity index (χ2n) is 4.75. The lowest BCUT2D eigenvalue weighted by Gasteiger charge is -2.17. The number of nitrogens with one attached hydrogen (secondary N) is 1. The van der Waals surface area contributed by atoms with Gasteiger partial charge in [0.2, 0.25) is 0 Å². The molecule has 120 valence electrons. The molecule has 1 N–H and O–H groups in total. The molecule has 0 radical (unpaired) electrons. The maximum atomic E-state index is 12.5. The number of methoxy groups -OCH3 is 2. The Bertz CT molecular complexity index is 734. The van der Waals surface area contributed by atoms with Crippen molar-refractivity contribution in [2.75, 3.05) is 14.2 Å².